The van der Waals surface area contributed by atoms with E-state index in [0.717, 1.165) is 12.8 Å². The molecule has 98 valence electrons. The molecule has 0 aliphatic rings. The van der Waals surface area contributed by atoms with Gasteiger partial charge in [-0.15, -0.1) is 0 Å². The van der Waals surface area contributed by atoms with Crippen LogP contribution in [0.3, 0.4) is 0 Å². The van der Waals surface area contributed by atoms with E-state index in [1.165, 1.54) is 0 Å². The lowest BCUT2D eigenvalue weighted by Crippen LogP contribution is -2.15. The Bertz CT molecular complexity index is 219. The number of halogens is 1. The average Bonchev–Trinajstić information content (AvgIpc) is 2.25. The Kier molecular flexibility index (Phi) is 10.2. The third-order valence-electron chi connectivity index (χ3n) is 2.03. The predicted octanol–water partition coefficient (Wildman–Crippen LogP) is 4.97. The van der Waals surface area contributed by atoms with E-state index in [2.05, 4.69) is 29.8 Å². The highest BCUT2D eigenvalue weighted by atomic mass is 79.9. The molecule has 6 heteroatoms. The lowest BCUT2D eigenvalue weighted by atomic mass is 10.2. The number of rotatable bonds is 9. The molecule has 0 saturated heterocycles. The first-order chi connectivity index (χ1) is 7.52. The fourth-order valence-electron chi connectivity index (χ4n) is 1.24. The standard InChI is InChI=1S/C10H22BrO2PS2/c1-5-9(11)10(6-2)16-14(15,12-7-3)13-8-4/h9-10H,5-8H2,1-4H3/t9-,10-/m0/s1. The van der Waals surface area contributed by atoms with Crippen molar-refractivity contribution in [3.05, 3.63) is 0 Å². The Labute approximate surface area is 117 Å². The van der Waals surface area contributed by atoms with Gasteiger partial charge in [-0.2, -0.15) is 0 Å². The first kappa shape index (κ1) is 17.4. The maximum atomic E-state index is 5.64. The minimum absolute atomic E-state index is 0.467. The van der Waals surface area contributed by atoms with Crippen LogP contribution in [0.5, 0.6) is 0 Å². The van der Waals surface area contributed by atoms with Gasteiger partial charge in [0.15, 0.2) is 0 Å². The Morgan fingerprint density at radius 3 is 1.94 bits per heavy atom. The maximum absolute atomic E-state index is 5.64. The van der Waals surface area contributed by atoms with Gasteiger partial charge in [0.2, 0.25) is 5.69 Å². The molecule has 0 aromatic heterocycles. The van der Waals surface area contributed by atoms with Gasteiger partial charge in [-0.3, -0.25) is 0 Å². The van der Waals surface area contributed by atoms with Crippen molar-refractivity contribution in [1.29, 1.82) is 0 Å². The molecule has 0 rings (SSSR count). The predicted molar refractivity (Wildman–Crippen MR) is 82.2 cm³/mol. The van der Waals surface area contributed by atoms with Gasteiger partial charge in [0.25, 0.3) is 0 Å². The molecule has 0 aliphatic heterocycles. The van der Waals surface area contributed by atoms with Crippen LogP contribution in [0.25, 0.3) is 0 Å². The molecule has 0 unspecified atom stereocenters. The summed E-state index contributed by atoms with van der Waals surface area (Å²) in [4.78, 5) is 0.478. The Morgan fingerprint density at radius 1 is 1.12 bits per heavy atom. The van der Waals surface area contributed by atoms with Crippen molar-refractivity contribution in [3.8, 4) is 0 Å². The molecule has 0 N–H and O–H groups in total. The zero-order chi connectivity index (χ0) is 12.6. The molecule has 0 fully saturated rings. The summed E-state index contributed by atoms with van der Waals surface area (Å²) in [7, 11) is 0. The molecule has 0 aromatic carbocycles. The van der Waals surface area contributed by atoms with Crippen molar-refractivity contribution in [2.75, 3.05) is 13.2 Å². The topological polar surface area (TPSA) is 18.5 Å². The third kappa shape index (κ3) is 6.36. The third-order valence-corrected chi connectivity index (χ3v) is 9.64. The van der Waals surface area contributed by atoms with Crippen LogP contribution in [-0.4, -0.2) is 23.3 Å². The zero-order valence-corrected chi connectivity index (χ0v) is 14.6. The highest BCUT2D eigenvalue weighted by Crippen LogP contribution is 2.63. The highest BCUT2D eigenvalue weighted by Gasteiger charge is 2.27. The largest absolute Gasteiger partial charge is 0.322 e. The van der Waals surface area contributed by atoms with Crippen LogP contribution in [0.4, 0.5) is 0 Å². The van der Waals surface area contributed by atoms with Gasteiger partial charge >= 0.3 is 0 Å². The van der Waals surface area contributed by atoms with Gasteiger partial charge in [-0.25, -0.2) is 0 Å². The molecule has 0 radical (unpaired) electrons. The summed E-state index contributed by atoms with van der Waals surface area (Å²) in [6.45, 7) is 9.53. The van der Waals surface area contributed by atoms with Crippen molar-refractivity contribution in [3.63, 3.8) is 0 Å². The van der Waals surface area contributed by atoms with Crippen molar-refractivity contribution in [2.45, 2.75) is 50.6 Å². The van der Waals surface area contributed by atoms with Gasteiger partial charge in [-0.05, 0) is 38.5 Å². The average molecular weight is 349 g/mol. The monoisotopic (exact) mass is 348 g/mol. The zero-order valence-electron chi connectivity index (χ0n) is 10.4. The van der Waals surface area contributed by atoms with E-state index >= 15 is 0 Å². The summed E-state index contributed by atoms with van der Waals surface area (Å²) < 4.78 is 11.3. The van der Waals surface area contributed by atoms with Crippen LogP contribution in [0.1, 0.15) is 40.5 Å². The van der Waals surface area contributed by atoms with Crippen LogP contribution in [0.2, 0.25) is 0 Å². The van der Waals surface area contributed by atoms with E-state index in [-0.39, 0.29) is 0 Å². The number of alkyl halides is 1. The normalized spacial score (nSPS) is 16.1. The molecule has 0 bridgehead atoms. The Hall–Kier alpha value is 1.40. The molecule has 2 nitrogen and oxygen atoms in total. The summed E-state index contributed by atoms with van der Waals surface area (Å²) in [5.74, 6) is 0. The minimum Gasteiger partial charge on any atom is -0.322 e. The molecule has 0 saturated carbocycles. The smallest absolute Gasteiger partial charge is 0.247 e. The van der Waals surface area contributed by atoms with E-state index in [4.69, 9.17) is 20.9 Å². The molecule has 16 heavy (non-hydrogen) atoms. The number of hydrogen-bond acceptors (Lipinski definition) is 4. The van der Waals surface area contributed by atoms with Gasteiger partial charge < -0.3 is 9.05 Å². The maximum Gasteiger partial charge on any atom is 0.247 e. The van der Waals surface area contributed by atoms with E-state index in [1.54, 1.807) is 11.4 Å². The van der Waals surface area contributed by atoms with Crippen molar-refractivity contribution < 1.29 is 9.05 Å². The van der Waals surface area contributed by atoms with Crippen molar-refractivity contribution in [1.82, 2.24) is 0 Å². The second kappa shape index (κ2) is 9.35. The van der Waals surface area contributed by atoms with Gasteiger partial charge in [0, 0.05) is 10.1 Å². The van der Waals surface area contributed by atoms with Gasteiger partial charge in [-0.1, -0.05) is 41.2 Å². The molecular formula is C10H22BrO2PS2. The second-order valence-electron chi connectivity index (χ2n) is 3.26. The first-order valence-electron chi connectivity index (χ1n) is 5.74. The summed E-state index contributed by atoms with van der Waals surface area (Å²) in [6.07, 6.45) is 2.17. The molecule has 0 aliphatic carbocycles. The lowest BCUT2D eigenvalue weighted by Gasteiger charge is -2.27. The van der Waals surface area contributed by atoms with Gasteiger partial charge in [0.05, 0.1) is 13.2 Å². The van der Waals surface area contributed by atoms with Crippen LogP contribution in [0, 0.1) is 0 Å². The van der Waals surface area contributed by atoms with E-state index in [0.29, 0.717) is 23.3 Å². The Morgan fingerprint density at radius 2 is 1.62 bits per heavy atom. The van der Waals surface area contributed by atoms with Crippen LogP contribution >= 0.6 is 33.0 Å². The number of hydrogen-bond donors (Lipinski definition) is 0. The lowest BCUT2D eigenvalue weighted by molar-refractivity contribution is 0.280. The second-order valence-corrected chi connectivity index (χ2v) is 10.9. The fraction of sp³-hybridized carbons (Fsp3) is 1.00. The van der Waals surface area contributed by atoms with Crippen LogP contribution in [0.15, 0.2) is 0 Å². The molecule has 0 spiro atoms. The molecule has 0 heterocycles. The summed E-state index contributed by atoms with van der Waals surface area (Å²) >= 11 is 10.9. The molecule has 0 amide bonds. The van der Waals surface area contributed by atoms with Gasteiger partial charge in [0.1, 0.15) is 0 Å². The van der Waals surface area contributed by atoms with Crippen molar-refractivity contribution >= 4 is 44.8 Å². The van der Waals surface area contributed by atoms with Crippen LogP contribution < -0.4 is 0 Å². The highest BCUT2D eigenvalue weighted by molar-refractivity contribution is 9.09. The fourth-order valence-corrected chi connectivity index (χ4v) is 8.58. The quantitative estimate of drug-likeness (QED) is 0.432. The molecular weight excluding hydrogens is 327 g/mol. The summed E-state index contributed by atoms with van der Waals surface area (Å²) in [5.41, 5.74) is -2.14. The van der Waals surface area contributed by atoms with Crippen LogP contribution in [-0.2, 0) is 20.9 Å². The van der Waals surface area contributed by atoms with E-state index < -0.39 is 5.69 Å². The van der Waals surface area contributed by atoms with E-state index in [9.17, 15) is 0 Å². The molecule has 2 atom stereocenters. The first-order valence-corrected chi connectivity index (χ1v) is 10.8. The minimum atomic E-state index is -2.14. The van der Waals surface area contributed by atoms with Crippen molar-refractivity contribution in [2.24, 2.45) is 0 Å². The SMILES string of the molecule is CCOP(=S)(OCC)S[C@@H](CC)[C@@H](Br)CC. The summed E-state index contributed by atoms with van der Waals surface area (Å²) in [6, 6.07) is 0. The van der Waals surface area contributed by atoms with E-state index in [1.807, 2.05) is 13.8 Å². The molecule has 0 aromatic rings. The summed E-state index contributed by atoms with van der Waals surface area (Å²) in [5, 5.41) is 0.467. The Balaban J connectivity index is 4.51.